The Labute approximate surface area is 222 Å². The molecule has 0 saturated carbocycles. The van der Waals surface area contributed by atoms with Crippen LogP contribution in [-0.2, 0) is 6.54 Å². The number of ether oxygens (including phenoxy) is 1. The summed E-state index contributed by atoms with van der Waals surface area (Å²) >= 11 is 5.92. The van der Waals surface area contributed by atoms with Gasteiger partial charge in [0, 0.05) is 47.0 Å². The van der Waals surface area contributed by atoms with Crippen LogP contribution in [0.1, 0.15) is 57.5 Å². The summed E-state index contributed by atoms with van der Waals surface area (Å²) in [6.45, 7) is 2.34. The predicted octanol–water partition coefficient (Wildman–Crippen LogP) is 4.91. The number of halogens is 1. The molecular weight excluding hydrogens is 488 g/mol. The normalized spacial score (nSPS) is 20.4. The highest BCUT2D eigenvalue weighted by molar-refractivity contribution is 6.30. The Hall–Kier alpha value is -3.58. The minimum atomic E-state index is -0.161. The molecule has 37 heavy (non-hydrogen) atoms. The first-order valence-corrected chi connectivity index (χ1v) is 13.0. The molecule has 7 nitrogen and oxygen atoms in total. The Bertz CT molecular complexity index is 1270. The molecule has 2 fully saturated rings. The van der Waals surface area contributed by atoms with E-state index in [1.165, 1.54) is 0 Å². The van der Waals surface area contributed by atoms with E-state index < -0.39 is 0 Å². The van der Waals surface area contributed by atoms with Crippen molar-refractivity contribution < 1.29 is 14.3 Å². The molecule has 3 heterocycles. The van der Waals surface area contributed by atoms with Gasteiger partial charge in [-0.15, -0.1) is 0 Å². The van der Waals surface area contributed by atoms with Crippen LogP contribution in [0.25, 0.3) is 0 Å². The van der Waals surface area contributed by atoms with E-state index in [1.807, 2.05) is 61.5 Å². The quantitative estimate of drug-likeness (QED) is 0.464. The average Bonchev–Trinajstić information content (AvgIpc) is 3.18. The lowest BCUT2D eigenvalue weighted by atomic mass is 9.96. The summed E-state index contributed by atoms with van der Waals surface area (Å²) < 4.78 is 5.37. The molecular formula is C29H31ClN4O3. The predicted molar refractivity (Wildman–Crippen MR) is 144 cm³/mol. The van der Waals surface area contributed by atoms with Crippen LogP contribution in [0.15, 0.2) is 60.8 Å². The molecule has 2 aromatic carbocycles. The molecule has 0 spiro atoms. The second-order valence-electron chi connectivity index (χ2n) is 9.78. The number of methoxy groups -OCH3 is 1. The van der Waals surface area contributed by atoms with Crippen LogP contribution < -0.4 is 20.3 Å². The molecule has 5 rings (SSSR count). The van der Waals surface area contributed by atoms with E-state index in [4.69, 9.17) is 16.3 Å². The number of nitrogens with zero attached hydrogens (tertiary/aromatic N) is 2. The van der Waals surface area contributed by atoms with Gasteiger partial charge in [0.15, 0.2) is 0 Å². The number of hydrogen-bond acceptors (Lipinski definition) is 5. The summed E-state index contributed by atoms with van der Waals surface area (Å²) in [5.74, 6) is 1.39. The van der Waals surface area contributed by atoms with Gasteiger partial charge in [0.2, 0.25) is 0 Å². The molecule has 192 valence electrons. The first-order valence-electron chi connectivity index (χ1n) is 12.6. The van der Waals surface area contributed by atoms with Crippen molar-refractivity contribution in [3.63, 3.8) is 0 Å². The van der Waals surface area contributed by atoms with Crippen LogP contribution in [0, 0.1) is 6.92 Å². The number of aromatic nitrogens is 1. The van der Waals surface area contributed by atoms with Gasteiger partial charge in [-0.3, -0.25) is 9.59 Å². The van der Waals surface area contributed by atoms with Crippen LogP contribution in [-0.4, -0.2) is 42.0 Å². The van der Waals surface area contributed by atoms with Crippen molar-refractivity contribution in [2.75, 3.05) is 12.0 Å². The Morgan fingerprint density at radius 3 is 2.41 bits per heavy atom. The number of hydrogen-bond donors (Lipinski definition) is 2. The van der Waals surface area contributed by atoms with Crippen molar-refractivity contribution in [2.45, 2.75) is 57.3 Å². The maximum Gasteiger partial charge on any atom is 0.253 e. The summed E-state index contributed by atoms with van der Waals surface area (Å²) in [4.78, 5) is 32.6. The topological polar surface area (TPSA) is 83.6 Å². The maximum absolute atomic E-state index is 13.0. The van der Waals surface area contributed by atoms with Gasteiger partial charge in [-0.2, -0.15) is 0 Å². The molecule has 2 aliphatic rings. The molecule has 1 aromatic heterocycles. The first-order chi connectivity index (χ1) is 17.9. The molecule has 2 amide bonds. The van der Waals surface area contributed by atoms with Crippen molar-refractivity contribution in [3.05, 3.63) is 88.1 Å². The van der Waals surface area contributed by atoms with Crippen molar-refractivity contribution in [3.8, 4) is 5.75 Å². The molecule has 2 aliphatic heterocycles. The molecule has 1 unspecified atom stereocenters. The van der Waals surface area contributed by atoms with E-state index in [0.29, 0.717) is 34.8 Å². The second kappa shape index (κ2) is 10.8. The van der Waals surface area contributed by atoms with Crippen LogP contribution in [0.2, 0.25) is 5.02 Å². The van der Waals surface area contributed by atoms with E-state index in [9.17, 15) is 9.59 Å². The number of nitrogens with one attached hydrogen (secondary N) is 2. The molecule has 2 saturated heterocycles. The number of carbonyl (C=O) groups excluding carboxylic acids is 2. The van der Waals surface area contributed by atoms with Crippen molar-refractivity contribution in [2.24, 2.45) is 0 Å². The Balaban J connectivity index is 1.19. The van der Waals surface area contributed by atoms with Gasteiger partial charge in [-0.05, 0) is 74.6 Å². The number of anilines is 1. The van der Waals surface area contributed by atoms with Crippen LogP contribution in [0.3, 0.4) is 0 Å². The van der Waals surface area contributed by atoms with Gasteiger partial charge in [0.05, 0.1) is 12.7 Å². The van der Waals surface area contributed by atoms with Crippen LogP contribution >= 0.6 is 11.6 Å². The molecule has 3 atom stereocenters. The second-order valence-corrected chi connectivity index (χ2v) is 10.2. The van der Waals surface area contributed by atoms with Gasteiger partial charge in [0.1, 0.15) is 11.6 Å². The minimum absolute atomic E-state index is 0.0543. The summed E-state index contributed by atoms with van der Waals surface area (Å²) in [6.07, 6.45) is 5.53. The highest BCUT2D eigenvalue weighted by Gasteiger charge is 2.42. The molecule has 2 N–H and O–H groups in total. The van der Waals surface area contributed by atoms with E-state index in [2.05, 4.69) is 20.5 Å². The van der Waals surface area contributed by atoms with E-state index in [0.717, 1.165) is 48.4 Å². The van der Waals surface area contributed by atoms with Crippen LogP contribution in [0.5, 0.6) is 5.75 Å². The number of fused-ring (bicyclic) bond motifs is 2. The third-order valence-corrected chi connectivity index (χ3v) is 7.71. The number of amides is 2. The van der Waals surface area contributed by atoms with Crippen molar-refractivity contribution >= 4 is 29.2 Å². The summed E-state index contributed by atoms with van der Waals surface area (Å²) in [6, 6.07) is 17.5. The molecule has 3 aromatic rings. The lowest BCUT2D eigenvalue weighted by Crippen LogP contribution is -2.50. The first kappa shape index (κ1) is 25.1. The van der Waals surface area contributed by atoms with Crippen molar-refractivity contribution in [1.82, 2.24) is 15.6 Å². The Kier molecular flexibility index (Phi) is 7.33. The lowest BCUT2D eigenvalue weighted by Gasteiger charge is -2.40. The minimum Gasteiger partial charge on any atom is -0.496 e. The van der Waals surface area contributed by atoms with E-state index in [-0.39, 0.29) is 17.9 Å². The average molecular weight is 519 g/mol. The van der Waals surface area contributed by atoms with Gasteiger partial charge in [-0.25, -0.2) is 4.98 Å². The molecule has 0 radical (unpaired) electrons. The Morgan fingerprint density at radius 1 is 1.03 bits per heavy atom. The fraction of sp³-hybridized carbons (Fsp3) is 0.345. The fourth-order valence-corrected chi connectivity index (χ4v) is 5.70. The third kappa shape index (κ3) is 5.42. The summed E-state index contributed by atoms with van der Waals surface area (Å²) in [5, 5.41) is 6.85. The summed E-state index contributed by atoms with van der Waals surface area (Å²) in [5.41, 5.74) is 3.02. The zero-order valence-corrected chi connectivity index (χ0v) is 21.8. The molecule has 0 aliphatic carbocycles. The zero-order chi connectivity index (χ0) is 25.9. The zero-order valence-electron chi connectivity index (χ0n) is 21.0. The van der Waals surface area contributed by atoms with E-state index >= 15 is 0 Å². The summed E-state index contributed by atoms with van der Waals surface area (Å²) in [7, 11) is 1.62. The lowest BCUT2D eigenvalue weighted by molar-refractivity contribution is 0.0923. The standard InChI is InChI=1S/C29H31ClN4O3/c1-18-25(4-3-5-26(18)37-2)29(36)33-22-14-23-11-12-24(15-22)34(23)27-13-8-20(17-31-27)28(35)32-16-19-6-9-21(30)10-7-19/h3-10,13,17,22-24H,11-12,14-16H2,1-2H3,(H,32,35)(H,33,36)/t22?,23-,24+. The fourth-order valence-electron chi connectivity index (χ4n) is 5.57. The SMILES string of the molecule is COc1cccc(C(=O)NC2C[C@H]3CC[C@@H](C2)N3c2ccc(C(=O)NCc3ccc(Cl)cc3)cn2)c1C. The highest BCUT2D eigenvalue weighted by Crippen LogP contribution is 2.38. The number of benzene rings is 2. The monoisotopic (exact) mass is 518 g/mol. The highest BCUT2D eigenvalue weighted by atomic mass is 35.5. The van der Waals surface area contributed by atoms with Gasteiger partial charge in [-0.1, -0.05) is 29.8 Å². The molecule has 2 bridgehead atoms. The smallest absolute Gasteiger partial charge is 0.253 e. The number of rotatable bonds is 7. The number of pyridine rings is 1. The van der Waals surface area contributed by atoms with Gasteiger partial charge >= 0.3 is 0 Å². The number of carbonyl (C=O) groups is 2. The largest absolute Gasteiger partial charge is 0.496 e. The Morgan fingerprint density at radius 2 is 1.76 bits per heavy atom. The number of piperidine rings is 1. The van der Waals surface area contributed by atoms with Gasteiger partial charge < -0.3 is 20.3 Å². The maximum atomic E-state index is 13.0. The van der Waals surface area contributed by atoms with Gasteiger partial charge in [0.25, 0.3) is 11.8 Å². The molecule has 8 heteroatoms. The van der Waals surface area contributed by atoms with Crippen LogP contribution in [0.4, 0.5) is 5.82 Å². The third-order valence-electron chi connectivity index (χ3n) is 7.46. The van der Waals surface area contributed by atoms with Crippen molar-refractivity contribution in [1.29, 1.82) is 0 Å². The van der Waals surface area contributed by atoms with E-state index in [1.54, 1.807) is 13.3 Å².